The highest BCUT2D eigenvalue weighted by molar-refractivity contribution is 5.97. The van der Waals surface area contributed by atoms with E-state index in [1.54, 1.807) is 23.9 Å². The molecule has 0 aliphatic carbocycles. The number of carbonyl (C=O) groups excluding carboxylic acids is 1. The van der Waals surface area contributed by atoms with Gasteiger partial charge in [0.2, 0.25) is 0 Å². The Kier molecular flexibility index (Phi) is 3.84. The zero-order valence-corrected chi connectivity index (χ0v) is 16.4. The number of fused-ring (bicyclic) bond motifs is 1. The second kappa shape index (κ2) is 6.30. The highest BCUT2D eigenvalue weighted by atomic mass is 19.1. The van der Waals surface area contributed by atoms with E-state index < -0.39 is 11.8 Å². The van der Waals surface area contributed by atoms with Crippen LogP contribution in [0.2, 0.25) is 0 Å². The smallest absolute Gasteiger partial charge is 0.338 e. The van der Waals surface area contributed by atoms with Gasteiger partial charge < -0.3 is 19.2 Å². The van der Waals surface area contributed by atoms with Gasteiger partial charge in [-0.15, -0.1) is 0 Å². The second-order valence-electron chi connectivity index (χ2n) is 7.25. The van der Waals surface area contributed by atoms with E-state index in [-0.39, 0.29) is 11.6 Å². The number of halogens is 1. The van der Waals surface area contributed by atoms with Crippen LogP contribution >= 0.6 is 0 Å². The van der Waals surface area contributed by atoms with Crippen molar-refractivity contribution in [1.29, 1.82) is 0 Å². The maximum Gasteiger partial charge on any atom is 0.338 e. The zero-order valence-electron chi connectivity index (χ0n) is 16.4. The topological polar surface area (TPSA) is 74.0 Å². The Balaban J connectivity index is 1.80. The van der Waals surface area contributed by atoms with E-state index in [9.17, 15) is 9.18 Å². The number of carbonyl (C=O) groups is 1. The molecule has 1 unspecified atom stereocenters. The van der Waals surface area contributed by atoms with Crippen LogP contribution in [0.1, 0.15) is 29.7 Å². The van der Waals surface area contributed by atoms with E-state index in [0.29, 0.717) is 16.9 Å². The number of rotatable bonds is 3. The van der Waals surface area contributed by atoms with Crippen LogP contribution < -0.4 is 5.32 Å². The summed E-state index contributed by atoms with van der Waals surface area (Å²) in [5.41, 5.74) is 2.85. The maximum atomic E-state index is 14.8. The number of aromatic nitrogens is 4. The standard InChI is InChI=1S/C21H20FN5O2/c1-4-13-10-24-19-17-11(5-6-23-19)9-16(27(13)17)20-25-15-8-12(21(28)29-3)7-14(22)18(15)26(20)2/h5-9,13H,4,10H2,1-3H3,(H,23,24). The highest BCUT2D eigenvalue weighted by Crippen LogP contribution is 2.38. The van der Waals surface area contributed by atoms with Gasteiger partial charge in [-0.1, -0.05) is 6.92 Å². The maximum absolute atomic E-state index is 14.8. The first-order valence-corrected chi connectivity index (χ1v) is 9.52. The predicted octanol–water partition coefficient (Wildman–Crippen LogP) is 3.89. The number of methoxy groups -OCH3 is 1. The molecule has 0 saturated heterocycles. The number of benzene rings is 1. The molecule has 0 radical (unpaired) electrons. The zero-order chi connectivity index (χ0) is 20.3. The Bertz CT molecular complexity index is 1290. The molecule has 1 aliphatic rings. The van der Waals surface area contributed by atoms with Crippen molar-refractivity contribution in [3.8, 4) is 11.5 Å². The summed E-state index contributed by atoms with van der Waals surface area (Å²) in [6.07, 6.45) is 2.71. The SMILES string of the molecule is CCC1CNc2nccc3cc(-c4nc5cc(C(=O)OC)cc(F)c5n4C)n1c23. The Morgan fingerprint density at radius 3 is 2.93 bits per heavy atom. The van der Waals surface area contributed by atoms with Crippen LogP contribution in [0.3, 0.4) is 0 Å². The minimum absolute atomic E-state index is 0.144. The van der Waals surface area contributed by atoms with Crippen LogP contribution in [0.4, 0.5) is 10.2 Å². The van der Waals surface area contributed by atoms with Gasteiger partial charge in [0.1, 0.15) is 11.3 Å². The molecule has 5 rings (SSSR count). The summed E-state index contributed by atoms with van der Waals surface area (Å²) in [7, 11) is 3.06. The van der Waals surface area contributed by atoms with Crippen LogP contribution in [-0.2, 0) is 11.8 Å². The number of ether oxygens (including phenoxy) is 1. The van der Waals surface area contributed by atoms with E-state index in [1.807, 2.05) is 6.07 Å². The third-order valence-corrected chi connectivity index (χ3v) is 5.66. The van der Waals surface area contributed by atoms with Crippen molar-refractivity contribution in [2.24, 2.45) is 7.05 Å². The molecular formula is C21H20FN5O2. The predicted molar refractivity (Wildman–Crippen MR) is 109 cm³/mol. The van der Waals surface area contributed by atoms with Gasteiger partial charge in [-0.05, 0) is 30.7 Å². The van der Waals surface area contributed by atoms with Gasteiger partial charge in [-0.3, -0.25) is 0 Å². The first kappa shape index (κ1) is 17.7. The van der Waals surface area contributed by atoms with Gasteiger partial charge in [0.15, 0.2) is 11.6 Å². The van der Waals surface area contributed by atoms with Gasteiger partial charge in [-0.2, -0.15) is 0 Å². The lowest BCUT2D eigenvalue weighted by atomic mass is 10.1. The Morgan fingerprint density at radius 2 is 2.17 bits per heavy atom. The molecule has 7 nitrogen and oxygen atoms in total. The molecule has 0 spiro atoms. The van der Waals surface area contributed by atoms with Crippen molar-refractivity contribution in [3.63, 3.8) is 0 Å². The van der Waals surface area contributed by atoms with Crippen molar-refractivity contribution < 1.29 is 13.9 Å². The number of hydrogen-bond donors (Lipinski definition) is 1. The lowest BCUT2D eigenvalue weighted by molar-refractivity contribution is 0.0600. The fraction of sp³-hybridized carbons (Fsp3) is 0.286. The summed E-state index contributed by atoms with van der Waals surface area (Å²) in [4.78, 5) is 21.0. The Morgan fingerprint density at radius 1 is 1.34 bits per heavy atom. The summed E-state index contributed by atoms with van der Waals surface area (Å²) in [6.45, 7) is 2.91. The number of nitrogens with one attached hydrogen (secondary N) is 1. The molecule has 0 amide bonds. The third-order valence-electron chi connectivity index (χ3n) is 5.66. The number of esters is 1. The average Bonchev–Trinajstić information content (AvgIpc) is 3.27. The van der Waals surface area contributed by atoms with Crippen molar-refractivity contribution >= 4 is 33.7 Å². The molecule has 0 bridgehead atoms. The average molecular weight is 393 g/mol. The first-order valence-electron chi connectivity index (χ1n) is 9.52. The van der Waals surface area contributed by atoms with E-state index in [2.05, 4.69) is 27.9 Å². The summed E-state index contributed by atoms with van der Waals surface area (Å²) < 4.78 is 23.6. The van der Waals surface area contributed by atoms with E-state index in [1.165, 1.54) is 13.2 Å². The number of anilines is 1. The molecule has 0 saturated carbocycles. The van der Waals surface area contributed by atoms with Crippen LogP contribution in [0.5, 0.6) is 0 Å². The first-order chi connectivity index (χ1) is 14.0. The summed E-state index contributed by atoms with van der Waals surface area (Å²) in [6, 6.07) is 7.03. The monoisotopic (exact) mass is 393 g/mol. The quantitative estimate of drug-likeness (QED) is 0.535. The molecule has 1 N–H and O–H groups in total. The summed E-state index contributed by atoms with van der Waals surface area (Å²) in [5.74, 6) is 0.393. The van der Waals surface area contributed by atoms with Crippen molar-refractivity contribution in [3.05, 3.63) is 41.8 Å². The van der Waals surface area contributed by atoms with Gasteiger partial charge in [-0.25, -0.2) is 19.2 Å². The fourth-order valence-electron chi connectivity index (χ4n) is 4.25. The second-order valence-corrected chi connectivity index (χ2v) is 7.25. The lowest BCUT2D eigenvalue weighted by Gasteiger charge is -2.27. The van der Waals surface area contributed by atoms with Gasteiger partial charge in [0.05, 0.1) is 35.4 Å². The molecule has 8 heteroatoms. The Labute approximate surface area is 166 Å². The van der Waals surface area contributed by atoms with E-state index in [4.69, 9.17) is 9.72 Å². The summed E-state index contributed by atoms with van der Waals surface area (Å²) in [5, 5.41) is 4.45. The van der Waals surface area contributed by atoms with Crippen LogP contribution in [-0.4, -0.2) is 38.7 Å². The molecule has 4 heterocycles. The molecule has 29 heavy (non-hydrogen) atoms. The molecule has 4 aromatic rings. The highest BCUT2D eigenvalue weighted by Gasteiger charge is 2.27. The van der Waals surface area contributed by atoms with Gasteiger partial charge in [0.25, 0.3) is 0 Å². The number of nitrogens with zero attached hydrogens (tertiary/aromatic N) is 4. The minimum atomic E-state index is -0.589. The third kappa shape index (κ3) is 2.45. The number of hydrogen-bond acceptors (Lipinski definition) is 5. The molecular weight excluding hydrogens is 373 g/mol. The van der Waals surface area contributed by atoms with Crippen molar-refractivity contribution in [1.82, 2.24) is 19.1 Å². The molecule has 0 fully saturated rings. The molecule has 3 aromatic heterocycles. The number of aryl methyl sites for hydroxylation is 1. The van der Waals surface area contributed by atoms with Crippen LogP contribution in [0.15, 0.2) is 30.5 Å². The molecule has 1 atom stereocenters. The number of imidazole rings is 1. The molecule has 1 aromatic carbocycles. The Hall–Kier alpha value is -3.42. The molecule has 148 valence electrons. The normalized spacial score (nSPS) is 15.7. The van der Waals surface area contributed by atoms with E-state index in [0.717, 1.165) is 35.4 Å². The summed E-state index contributed by atoms with van der Waals surface area (Å²) >= 11 is 0. The largest absolute Gasteiger partial charge is 0.465 e. The van der Waals surface area contributed by atoms with Gasteiger partial charge in [0, 0.05) is 25.2 Å². The van der Waals surface area contributed by atoms with Gasteiger partial charge >= 0.3 is 5.97 Å². The van der Waals surface area contributed by atoms with E-state index >= 15 is 0 Å². The van der Waals surface area contributed by atoms with Crippen molar-refractivity contribution in [2.75, 3.05) is 19.0 Å². The van der Waals surface area contributed by atoms with Crippen LogP contribution in [0, 0.1) is 5.82 Å². The molecule has 1 aliphatic heterocycles. The van der Waals surface area contributed by atoms with Crippen molar-refractivity contribution in [2.45, 2.75) is 19.4 Å². The lowest BCUT2D eigenvalue weighted by Crippen LogP contribution is -2.24. The van der Waals surface area contributed by atoms with Crippen LogP contribution in [0.25, 0.3) is 33.5 Å². The number of pyridine rings is 1. The fourth-order valence-corrected chi connectivity index (χ4v) is 4.25. The minimum Gasteiger partial charge on any atom is -0.465 e.